The van der Waals surface area contributed by atoms with Crippen molar-refractivity contribution in [2.45, 2.75) is 0 Å². The summed E-state index contributed by atoms with van der Waals surface area (Å²) in [4.78, 5) is 21.0. The lowest BCUT2D eigenvalue weighted by Gasteiger charge is -2.05. The summed E-state index contributed by atoms with van der Waals surface area (Å²) in [5.74, 6) is -3.42. The number of aromatic hydroxyl groups is 1. The van der Waals surface area contributed by atoms with Gasteiger partial charge in [0.05, 0.1) is 11.3 Å². The van der Waals surface area contributed by atoms with Crippen molar-refractivity contribution in [2.24, 2.45) is 0 Å². The molecule has 0 aliphatic rings. The monoisotopic (exact) mass is 197 g/mol. The van der Waals surface area contributed by atoms with Crippen LogP contribution in [0, 0.1) is 0 Å². The van der Waals surface area contributed by atoms with E-state index in [0.29, 0.717) is 0 Å². The summed E-state index contributed by atoms with van der Waals surface area (Å²) in [6.07, 6.45) is 0. The molecule has 0 saturated heterocycles. The predicted molar refractivity (Wildman–Crippen MR) is 46.4 cm³/mol. The third-order valence-electron chi connectivity index (χ3n) is 1.68. The number of benzene rings is 1. The van der Waals surface area contributed by atoms with Gasteiger partial charge in [0.1, 0.15) is 5.56 Å². The summed E-state index contributed by atoms with van der Waals surface area (Å²) >= 11 is 0. The largest absolute Gasteiger partial charge is 0.505 e. The van der Waals surface area contributed by atoms with Gasteiger partial charge in [-0.3, -0.25) is 0 Å². The van der Waals surface area contributed by atoms with E-state index in [1.807, 2.05) is 0 Å². The molecular formula is C8H7NO5. The van der Waals surface area contributed by atoms with Crippen LogP contribution in [0.5, 0.6) is 5.75 Å². The third kappa shape index (κ3) is 1.45. The number of hydrogen-bond acceptors (Lipinski definition) is 4. The zero-order chi connectivity index (χ0) is 10.9. The van der Waals surface area contributed by atoms with E-state index in [4.69, 9.17) is 15.9 Å². The van der Waals surface area contributed by atoms with Crippen molar-refractivity contribution < 1.29 is 24.9 Å². The maximum atomic E-state index is 10.5. The highest BCUT2D eigenvalue weighted by Gasteiger charge is 2.17. The molecule has 1 aromatic carbocycles. The molecule has 0 unspecified atom stereocenters. The van der Waals surface area contributed by atoms with E-state index in [1.165, 1.54) is 0 Å². The van der Waals surface area contributed by atoms with Gasteiger partial charge in [0, 0.05) is 0 Å². The highest BCUT2D eigenvalue weighted by Crippen LogP contribution is 2.28. The Morgan fingerprint density at radius 1 is 1.07 bits per heavy atom. The van der Waals surface area contributed by atoms with E-state index in [1.54, 1.807) is 0 Å². The second-order valence-electron chi connectivity index (χ2n) is 2.53. The average molecular weight is 197 g/mol. The Balaban J connectivity index is 3.41. The fourth-order valence-corrected chi connectivity index (χ4v) is 0.967. The van der Waals surface area contributed by atoms with E-state index < -0.39 is 28.9 Å². The molecular weight excluding hydrogens is 190 g/mol. The molecule has 0 aliphatic carbocycles. The number of carboxylic acids is 2. The third-order valence-corrected chi connectivity index (χ3v) is 1.68. The first-order valence-corrected chi connectivity index (χ1v) is 3.53. The highest BCUT2D eigenvalue weighted by molar-refractivity contribution is 6.00. The molecule has 0 aliphatic heterocycles. The average Bonchev–Trinajstić information content (AvgIpc) is 2.08. The number of carbonyl (C=O) groups is 2. The number of nitrogen functional groups attached to an aromatic ring is 1. The van der Waals surface area contributed by atoms with Crippen LogP contribution < -0.4 is 5.73 Å². The lowest BCUT2D eigenvalue weighted by Crippen LogP contribution is -2.06. The lowest BCUT2D eigenvalue weighted by atomic mass is 10.1. The van der Waals surface area contributed by atoms with Crippen LogP contribution in [-0.2, 0) is 0 Å². The second kappa shape index (κ2) is 3.25. The minimum atomic E-state index is -1.37. The maximum Gasteiger partial charge on any atom is 0.339 e. The summed E-state index contributed by atoms with van der Waals surface area (Å²) in [5, 5.41) is 26.4. The minimum Gasteiger partial charge on any atom is -0.505 e. The van der Waals surface area contributed by atoms with Crippen molar-refractivity contribution >= 4 is 17.6 Å². The molecule has 74 valence electrons. The molecule has 6 nitrogen and oxygen atoms in total. The highest BCUT2D eigenvalue weighted by atomic mass is 16.4. The number of nitrogens with two attached hydrogens (primary N) is 1. The number of rotatable bonds is 2. The fraction of sp³-hybridized carbons (Fsp3) is 0. The molecule has 0 spiro atoms. The first kappa shape index (κ1) is 9.85. The Hall–Kier alpha value is -2.24. The van der Waals surface area contributed by atoms with Crippen LogP contribution in [0.1, 0.15) is 20.7 Å². The Bertz CT molecular complexity index is 373. The molecule has 1 rings (SSSR count). The molecule has 0 atom stereocenters. The van der Waals surface area contributed by atoms with Crippen molar-refractivity contribution in [3.05, 3.63) is 23.3 Å². The molecule has 0 heterocycles. The first-order valence-electron chi connectivity index (χ1n) is 3.53. The van der Waals surface area contributed by atoms with Crippen molar-refractivity contribution in [1.29, 1.82) is 0 Å². The Labute approximate surface area is 78.2 Å². The Morgan fingerprint density at radius 3 is 1.93 bits per heavy atom. The van der Waals surface area contributed by atoms with Gasteiger partial charge in [0.15, 0.2) is 5.75 Å². The van der Waals surface area contributed by atoms with Crippen LogP contribution in [0.2, 0.25) is 0 Å². The Morgan fingerprint density at radius 2 is 1.50 bits per heavy atom. The van der Waals surface area contributed by atoms with Crippen molar-refractivity contribution in [1.82, 2.24) is 0 Å². The van der Waals surface area contributed by atoms with Gasteiger partial charge in [-0.1, -0.05) is 0 Å². The molecule has 1 aromatic rings. The van der Waals surface area contributed by atoms with Gasteiger partial charge < -0.3 is 21.1 Å². The van der Waals surface area contributed by atoms with Crippen molar-refractivity contribution in [2.75, 3.05) is 5.73 Å². The standard InChI is InChI=1S/C8H7NO5/c9-5-3(7(11)12)1-2-4(6(5)10)8(13)14/h1-2,10H,9H2,(H,11,12)(H,13,14). The van der Waals surface area contributed by atoms with Gasteiger partial charge in [-0.05, 0) is 12.1 Å². The molecule has 6 heteroatoms. The van der Waals surface area contributed by atoms with Gasteiger partial charge in [-0.15, -0.1) is 0 Å². The first-order chi connectivity index (χ1) is 6.45. The quantitative estimate of drug-likeness (QED) is 0.401. The van der Waals surface area contributed by atoms with Crippen LogP contribution >= 0.6 is 0 Å². The van der Waals surface area contributed by atoms with Gasteiger partial charge in [-0.25, -0.2) is 9.59 Å². The number of anilines is 1. The van der Waals surface area contributed by atoms with Gasteiger partial charge in [-0.2, -0.15) is 0 Å². The van der Waals surface area contributed by atoms with E-state index in [9.17, 15) is 14.7 Å². The summed E-state index contributed by atoms with van der Waals surface area (Å²) in [5.41, 5.74) is 4.03. The second-order valence-corrected chi connectivity index (χ2v) is 2.53. The predicted octanol–water partition coefficient (Wildman–Crippen LogP) is 0.371. The van der Waals surface area contributed by atoms with Crippen LogP contribution in [0.4, 0.5) is 5.69 Å². The lowest BCUT2D eigenvalue weighted by molar-refractivity contribution is 0.0679. The molecule has 0 fully saturated rings. The number of phenols is 1. The number of hydrogen-bond donors (Lipinski definition) is 4. The maximum absolute atomic E-state index is 10.5. The van der Waals surface area contributed by atoms with Crippen molar-refractivity contribution in [3.8, 4) is 5.75 Å². The topological polar surface area (TPSA) is 121 Å². The van der Waals surface area contributed by atoms with E-state index in [-0.39, 0.29) is 5.56 Å². The normalized spacial score (nSPS) is 9.71. The zero-order valence-corrected chi connectivity index (χ0v) is 6.89. The molecule has 0 bridgehead atoms. The Kier molecular flexibility index (Phi) is 2.29. The SMILES string of the molecule is Nc1c(C(=O)O)ccc(C(=O)O)c1O. The molecule has 0 radical (unpaired) electrons. The smallest absolute Gasteiger partial charge is 0.339 e. The van der Waals surface area contributed by atoms with Crippen LogP contribution in [-0.4, -0.2) is 27.3 Å². The van der Waals surface area contributed by atoms with Gasteiger partial charge in [0.2, 0.25) is 0 Å². The van der Waals surface area contributed by atoms with E-state index >= 15 is 0 Å². The van der Waals surface area contributed by atoms with Crippen LogP contribution in [0.25, 0.3) is 0 Å². The van der Waals surface area contributed by atoms with E-state index in [2.05, 4.69) is 0 Å². The molecule has 0 amide bonds. The number of carboxylic acid groups (broad SMARTS) is 2. The van der Waals surface area contributed by atoms with Crippen LogP contribution in [0.3, 0.4) is 0 Å². The number of aromatic carboxylic acids is 2. The summed E-state index contributed by atoms with van der Waals surface area (Å²) in [7, 11) is 0. The molecule has 0 aromatic heterocycles. The summed E-state index contributed by atoms with van der Waals surface area (Å²) in [6, 6.07) is 2.01. The van der Waals surface area contributed by atoms with Gasteiger partial charge >= 0.3 is 11.9 Å². The molecule has 5 N–H and O–H groups in total. The molecule has 0 saturated carbocycles. The fourth-order valence-electron chi connectivity index (χ4n) is 0.967. The summed E-state index contributed by atoms with van der Waals surface area (Å²) in [6.45, 7) is 0. The summed E-state index contributed by atoms with van der Waals surface area (Å²) < 4.78 is 0. The zero-order valence-electron chi connectivity index (χ0n) is 6.89. The minimum absolute atomic E-state index is 0.326. The van der Waals surface area contributed by atoms with Crippen LogP contribution in [0.15, 0.2) is 12.1 Å². The molecule has 14 heavy (non-hydrogen) atoms. The van der Waals surface area contributed by atoms with Crippen molar-refractivity contribution in [3.63, 3.8) is 0 Å². The van der Waals surface area contributed by atoms with E-state index in [0.717, 1.165) is 12.1 Å². The van der Waals surface area contributed by atoms with Gasteiger partial charge in [0.25, 0.3) is 0 Å².